The van der Waals surface area contributed by atoms with E-state index in [0.29, 0.717) is 17.2 Å². The van der Waals surface area contributed by atoms with Gasteiger partial charge in [-0.2, -0.15) is 0 Å². The van der Waals surface area contributed by atoms with Crippen molar-refractivity contribution >= 4 is 16.8 Å². The number of hydrogen-bond acceptors (Lipinski definition) is 3. The molecule has 0 aliphatic heterocycles. The minimum atomic E-state index is -0.0253. The van der Waals surface area contributed by atoms with Crippen LogP contribution in [-0.4, -0.2) is 15.8 Å². The number of hydrogen-bond donors (Lipinski definition) is 1. The topological polar surface area (TPSA) is 55.0 Å². The maximum Gasteiger partial charge on any atom is 0.219 e. The number of H-pyrrole nitrogens is 1. The van der Waals surface area contributed by atoms with Gasteiger partial charge in [-0.1, -0.05) is 6.07 Å². The smallest absolute Gasteiger partial charge is 0.219 e. The van der Waals surface area contributed by atoms with E-state index >= 15 is 0 Å². The Morgan fingerprint density at radius 2 is 2.05 bits per heavy atom. The first-order chi connectivity index (χ1) is 9.63. The number of rotatable bonds is 3. The van der Waals surface area contributed by atoms with Crippen LogP contribution in [0.2, 0.25) is 0 Å². The third-order valence-corrected chi connectivity index (χ3v) is 3.11. The number of aromatic nitrogens is 2. The Balaban J connectivity index is 2.01. The van der Waals surface area contributed by atoms with Crippen LogP contribution in [0.25, 0.3) is 11.0 Å². The second-order valence-electron chi connectivity index (χ2n) is 4.72. The number of carbonyl (C=O) groups is 1. The van der Waals surface area contributed by atoms with Crippen molar-refractivity contribution in [2.24, 2.45) is 0 Å². The molecule has 3 aromatic rings. The molecule has 1 aromatic carbocycles. The number of nitrogens with zero attached hydrogens (tertiary/aromatic N) is 1. The SMILES string of the molecule is CC(=O)c1ccc(C)cc1Oc1ccc2[nH]ccc2n1. The van der Waals surface area contributed by atoms with Crippen molar-refractivity contribution in [3.63, 3.8) is 0 Å². The lowest BCUT2D eigenvalue weighted by Gasteiger charge is -2.09. The summed E-state index contributed by atoms with van der Waals surface area (Å²) < 4.78 is 5.78. The van der Waals surface area contributed by atoms with Gasteiger partial charge in [-0.25, -0.2) is 4.98 Å². The van der Waals surface area contributed by atoms with Gasteiger partial charge in [0.1, 0.15) is 5.75 Å². The maximum absolute atomic E-state index is 11.6. The highest BCUT2D eigenvalue weighted by Crippen LogP contribution is 2.27. The zero-order valence-electron chi connectivity index (χ0n) is 11.3. The Bertz CT molecular complexity index is 790. The molecular formula is C16H14N2O2. The van der Waals surface area contributed by atoms with Crippen molar-refractivity contribution < 1.29 is 9.53 Å². The fraction of sp³-hybridized carbons (Fsp3) is 0.125. The molecule has 20 heavy (non-hydrogen) atoms. The molecule has 4 nitrogen and oxygen atoms in total. The largest absolute Gasteiger partial charge is 0.438 e. The van der Waals surface area contributed by atoms with Crippen LogP contribution in [0.3, 0.4) is 0 Å². The van der Waals surface area contributed by atoms with Crippen LogP contribution in [0, 0.1) is 6.92 Å². The highest BCUT2D eigenvalue weighted by Gasteiger charge is 2.10. The fourth-order valence-corrected chi connectivity index (χ4v) is 2.09. The van der Waals surface area contributed by atoms with E-state index in [0.717, 1.165) is 16.6 Å². The fourth-order valence-electron chi connectivity index (χ4n) is 2.09. The van der Waals surface area contributed by atoms with Crippen LogP contribution in [0.4, 0.5) is 0 Å². The highest BCUT2D eigenvalue weighted by atomic mass is 16.5. The summed E-state index contributed by atoms with van der Waals surface area (Å²) in [5, 5.41) is 0. The van der Waals surface area contributed by atoms with Gasteiger partial charge < -0.3 is 9.72 Å². The maximum atomic E-state index is 11.6. The molecule has 0 aliphatic carbocycles. The lowest BCUT2D eigenvalue weighted by molar-refractivity contribution is 0.101. The summed E-state index contributed by atoms with van der Waals surface area (Å²) in [5.74, 6) is 0.993. The van der Waals surface area contributed by atoms with Gasteiger partial charge in [0.15, 0.2) is 5.78 Å². The third kappa shape index (κ3) is 2.28. The van der Waals surface area contributed by atoms with E-state index in [-0.39, 0.29) is 5.78 Å². The van der Waals surface area contributed by atoms with Crippen molar-refractivity contribution in [1.29, 1.82) is 0 Å². The standard InChI is InChI=1S/C16H14N2O2/c1-10-3-4-12(11(2)19)15(9-10)20-16-6-5-13-14(18-16)7-8-17-13/h3-9,17H,1-2H3. The van der Waals surface area contributed by atoms with Crippen LogP contribution in [0.5, 0.6) is 11.6 Å². The number of Topliss-reactive ketones (excluding diaryl/α,β-unsaturated/α-hetero) is 1. The molecule has 0 amide bonds. The van der Waals surface area contributed by atoms with Gasteiger partial charge in [-0.15, -0.1) is 0 Å². The summed E-state index contributed by atoms with van der Waals surface area (Å²) in [4.78, 5) is 19.1. The van der Waals surface area contributed by atoms with Crippen molar-refractivity contribution in [3.8, 4) is 11.6 Å². The van der Waals surface area contributed by atoms with Gasteiger partial charge in [-0.3, -0.25) is 4.79 Å². The van der Waals surface area contributed by atoms with Crippen molar-refractivity contribution in [1.82, 2.24) is 9.97 Å². The summed E-state index contributed by atoms with van der Waals surface area (Å²) in [6.45, 7) is 3.49. The quantitative estimate of drug-likeness (QED) is 0.732. The molecule has 1 N–H and O–H groups in total. The molecule has 0 atom stereocenters. The average molecular weight is 266 g/mol. The highest BCUT2D eigenvalue weighted by molar-refractivity contribution is 5.97. The molecular weight excluding hydrogens is 252 g/mol. The molecule has 0 radical (unpaired) electrons. The zero-order valence-corrected chi connectivity index (χ0v) is 11.3. The van der Waals surface area contributed by atoms with Crippen LogP contribution >= 0.6 is 0 Å². The number of carbonyl (C=O) groups excluding carboxylic acids is 1. The van der Waals surface area contributed by atoms with E-state index < -0.39 is 0 Å². The first-order valence-corrected chi connectivity index (χ1v) is 6.37. The number of pyridine rings is 1. The summed E-state index contributed by atoms with van der Waals surface area (Å²) in [6.07, 6.45) is 1.83. The number of nitrogens with one attached hydrogen (secondary N) is 1. The van der Waals surface area contributed by atoms with E-state index in [9.17, 15) is 4.79 Å². The number of aromatic amines is 1. The summed E-state index contributed by atoms with van der Waals surface area (Å²) in [5.41, 5.74) is 3.38. The van der Waals surface area contributed by atoms with Gasteiger partial charge in [-0.05, 0) is 43.7 Å². The lowest BCUT2D eigenvalue weighted by Crippen LogP contribution is -1.98. The molecule has 3 rings (SSSR count). The number of ketones is 1. The molecule has 0 aliphatic rings. The normalized spacial score (nSPS) is 10.7. The predicted octanol–water partition coefficient (Wildman–Crippen LogP) is 3.87. The molecule has 0 saturated heterocycles. The summed E-state index contributed by atoms with van der Waals surface area (Å²) >= 11 is 0. The van der Waals surface area contributed by atoms with Crippen LogP contribution in [-0.2, 0) is 0 Å². The molecule has 2 aromatic heterocycles. The molecule has 0 bridgehead atoms. The molecule has 0 spiro atoms. The molecule has 2 heterocycles. The monoisotopic (exact) mass is 266 g/mol. The average Bonchev–Trinajstić information content (AvgIpc) is 2.85. The Kier molecular flexibility index (Phi) is 2.99. The zero-order chi connectivity index (χ0) is 14.1. The van der Waals surface area contributed by atoms with Gasteiger partial charge >= 0.3 is 0 Å². The van der Waals surface area contributed by atoms with Gasteiger partial charge in [0.25, 0.3) is 0 Å². The van der Waals surface area contributed by atoms with Crippen LogP contribution in [0.15, 0.2) is 42.6 Å². The first kappa shape index (κ1) is 12.4. The Hall–Kier alpha value is -2.62. The minimum Gasteiger partial charge on any atom is -0.438 e. The van der Waals surface area contributed by atoms with Gasteiger partial charge in [0.05, 0.1) is 16.6 Å². The van der Waals surface area contributed by atoms with Crippen molar-refractivity contribution in [2.45, 2.75) is 13.8 Å². The molecule has 100 valence electrons. The number of aryl methyl sites for hydroxylation is 1. The summed E-state index contributed by atoms with van der Waals surface area (Å²) in [6, 6.07) is 11.1. The second-order valence-corrected chi connectivity index (χ2v) is 4.72. The van der Waals surface area contributed by atoms with E-state index in [1.54, 1.807) is 12.1 Å². The van der Waals surface area contributed by atoms with E-state index in [4.69, 9.17) is 4.74 Å². The predicted molar refractivity (Wildman–Crippen MR) is 77.4 cm³/mol. The summed E-state index contributed by atoms with van der Waals surface area (Å²) in [7, 11) is 0. The minimum absolute atomic E-state index is 0.0253. The number of ether oxygens (including phenoxy) is 1. The van der Waals surface area contributed by atoms with E-state index in [2.05, 4.69) is 9.97 Å². The number of benzene rings is 1. The van der Waals surface area contributed by atoms with Crippen LogP contribution < -0.4 is 4.74 Å². The van der Waals surface area contributed by atoms with Gasteiger partial charge in [0.2, 0.25) is 5.88 Å². The number of fused-ring (bicyclic) bond motifs is 1. The Morgan fingerprint density at radius 1 is 1.20 bits per heavy atom. The lowest BCUT2D eigenvalue weighted by atomic mass is 10.1. The molecule has 4 heteroatoms. The van der Waals surface area contributed by atoms with Crippen molar-refractivity contribution in [3.05, 3.63) is 53.7 Å². The Labute approximate surface area is 116 Å². The van der Waals surface area contributed by atoms with E-state index in [1.807, 2.05) is 37.4 Å². The molecule has 0 fully saturated rings. The van der Waals surface area contributed by atoms with Gasteiger partial charge in [0, 0.05) is 12.3 Å². The molecule has 0 saturated carbocycles. The molecule has 0 unspecified atom stereocenters. The second kappa shape index (κ2) is 4.81. The van der Waals surface area contributed by atoms with Crippen molar-refractivity contribution in [2.75, 3.05) is 0 Å². The van der Waals surface area contributed by atoms with E-state index in [1.165, 1.54) is 6.92 Å². The Morgan fingerprint density at radius 3 is 2.85 bits per heavy atom. The third-order valence-electron chi connectivity index (χ3n) is 3.11. The first-order valence-electron chi connectivity index (χ1n) is 6.37. The van der Waals surface area contributed by atoms with Crippen LogP contribution in [0.1, 0.15) is 22.8 Å².